The molecule has 1 aromatic carbocycles. The summed E-state index contributed by atoms with van der Waals surface area (Å²) in [5.41, 5.74) is 1.29. The zero-order valence-corrected chi connectivity index (χ0v) is 11.2. The van der Waals surface area contributed by atoms with Crippen LogP contribution in [0.3, 0.4) is 0 Å². The monoisotopic (exact) mass is 262 g/mol. The molecule has 1 unspecified atom stereocenters. The van der Waals surface area contributed by atoms with Gasteiger partial charge < -0.3 is 14.9 Å². The molecule has 1 atom stereocenters. The molecule has 1 amide bonds. The van der Waals surface area contributed by atoms with Crippen molar-refractivity contribution in [3.05, 3.63) is 29.8 Å². The zero-order chi connectivity index (χ0) is 14.0. The number of amides is 1. The molecule has 1 aromatic rings. The van der Waals surface area contributed by atoms with Gasteiger partial charge in [0.05, 0.1) is 5.56 Å². The van der Waals surface area contributed by atoms with Gasteiger partial charge in [0.25, 0.3) is 0 Å². The highest BCUT2D eigenvalue weighted by molar-refractivity contribution is 5.88. The molecule has 102 valence electrons. The van der Waals surface area contributed by atoms with Crippen LogP contribution in [0, 0.1) is 0 Å². The Morgan fingerprint density at radius 1 is 1.21 bits per heavy atom. The Morgan fingerprint density at radius 2 is 1.84 bits per heavy atom. The molecule has 19 heavy (non-hydrogen) atoms. The number of nitrogens with zero attached hydrogens (tertiary/aromatic N) is 2. The molecule has 0 radical (unpaired) electrons. The fraction of sp³-hybridized carbons (Fsp3) is 0.429. The van der Waals surface area contributed by atoms with E-state index in [9.17, 15) is 9.59 Å². The molecule has 1 aliphatic heterocycles. The predicted molar refractivity (Wildman–Crippen MR) is 72.5 cm³/mol. The van der Waals surface area contributed by atoms with E-state index in [1.165, 1.54) is 0 Å². The zero-order valence-electron chi connectivity index (χ0n) is 11.2. The minimum atomic E-state index is -0.915. The number of hydrogen-bond acceptors (Lipinski definition) is 3. The molecule has 0 aromatic heterocycles. The Bertz CT molecular complexity index is 484. The van der Waals surface area contributed by atoms with Crippen molar-refractivity contribution in [3.8, 4) is 0 Å². The summed E-state index contributed by atoms with van der Waals surface area (Å²) in [6, 6.07) is 7.03. The first kappa shape index (κ1) is 13.4. The van der Waals surface area contributed by atoms with Crippen molar-refractivity contribution in [1.29, 1.82) is 0 Å². The minimum Gasteiger partial charge on any atom is -0.478 e. The summed E-state index contributed by atoms with van der Waals surface area (Å²) in [7, 11) is 0. The Labute approximate surface area is 112 Å². The third kappa shape index (κ3) is 2.86. The Hall–Kier alpha value is -2.04. The lowest BCUT2D eigenvalue weighted by Gasteiger charge is -2.40. The van der Waals surface area contributed by atoms with Crippen molar-refractivity contribution in [2.75, 3.05) is 24.5 Å². The van der Waals surface area contributed by atoms with Crippen molar-refractivity contribution in [3.63, 3.8) is 0 Å². The highest BCUT2D eigenvalue weighted by atomic mass is 16.4. The summed E-state index contributed by atoms with van der Waals surface area (Å²) in [6.07, 6.45) is 0. The lowest BCUT2D eigenvalue weighted by atomic mass is 10.1. The van der Waals surface area contributed by atoms with Gasteiger partial charge in [-0.1, -0.05) is 0 Å². The first-order valence-electron chi connectivity index (χ1n) is 6.34. The number of piperazine rings is 1. The molecule has 1 aliphatic rings. The molecule has 0 spiro atoms. The molecule has 0 aliphatic carbocycles. The topological polar surface area (TPSA) is 60.9 Å². The average molecular weight is 262 g/mol. The maximum Gasteiger partial charge on any atom is 0.335 e. The van der Waals surface area contributed by atoms with Gasteiger partial charge in [0.15, 0.2) is 0 Å². The maximum absolute atomic E-state index is 11.4. The van der Waals surface area contributed by atoms with E-state index >= 15 is 0 Å². The van der Waals surface area contributed by atoms with Crippen LogP contribution in [-0.2, 0) is 4.79 Å². The van der Waals surface area contributed by atoms with Gasteiger partial charge >= 0.3 is 5.97 Å². The molecule has 1 N–H and O–H groups in total. The molecule has 0 bridgehead atoms. The summed E-state index contributed by atoms with van der Waals surface area (Å²) in [5, 5.41) is 8.87. The summed E-state index contributed by atoms with van der Waals surface area (Å²) in [6.45, 7) is 5.87. The number of carboxylic acids is 1. The van der Waals surface area contributed by atoms with Gasteiger partial charge in [0, 0.05) is 38.3 Å². The predicted octanol–water partition coefficient (Wildman–Crippen LogP) is 1.44. The molecular weight excluding hydrogens is 244 g/mol. The van der Waals surface area contributed by atoms with Gasteiger partial charge in [-0.15, -0.1) is 0 Å². The minimum absolute atomic E-state index is 0.105. The number of aromatic carboxylic acids is 1. The molecule has 5 heteroatoms. The van der Waals surface area contributed by atoms with Crippen molar-refractivity contribution < 1.29 is 14.7 Å². The molecule has 1 fully saturated rings. The second-order valence-electron chi connectivity index (χ2n) is 4.86. The van der Waals surface area contributed by atoms with Crippen molar-refractivity contribution in [1.82, 2.24) is 4.90 Å². The quantitative estimate of drug-likeness (QED) is 0.876. The number of anilines is 1. The lowest BCUT2D eigenvalue weighted by Crippen LogP contribution is -2.53. The van der Waals surface area contributed by atoms with Crippen molar-refractivity contribution in [2.24, 2.45) is 0 Å². The smallest absolute Gasteiger partial charge is 0.335 e. The van der Waals surface area contributed by atoms with Gasteiger partial charge in [0.1, 0.15) is 0 Å². The van der Waals surface area contributed by atoms with Gasteiger partial charge in [-0.3, -0.25) is 4.79 Å². The van der Waals surface area contributed by atoms with E-state index in [2.05, 4.69) is 4.90 Å². The highest BCUT2D eigenvalue weighted by Gasteiger charge is 2.25. The third-order valence-electron chi connectivity index (χ3n) is 3.51. The van der Waals surface area contributed by atoms with Crippen LogP contribution in [0.25, 0.3) is 0 Å². The summed E-state index contributed by atoms with van der Waals surface area (Å²) < 4.78 is 0. The largest absolute Gasteiger partial charge is 0.478 e. The second-order valence-corrected chi connectivity index (χ2v) is 4.86. The highest BCUT2D eigenvalue weighted by Crippen LogP contribution is 2.20. The molecule has 2 rings (SSSR count). The fourth-order valence-electron chi connectivity index (χ4n) is 2.47. The summed E-state index contributed by atoms with van der Waals surface area (Å²) in [4.78, 5) is 26.3. The molecular formula is C14H18N2O3. The van der Waals surface area contributed by atoms with E-state index in [0.717, 1.165) is 18.8 Å². The average Bonchev–Trinajstić information content (AvgIpc) is 2.38. The number of carboxylic acid groups (broad SMARTS) is 1. The van der Waals surface area contributed by atoms with Crippen LogP contribution in [0.1, 0.15) is 24.2 Å². The van der Waals surface area contributed by atoms with Crippen LogP contribution in [0.15, 0.2) is 24.3 Å². The molecule has 1 saturated heterocycles. The number of benzene rings is 1. The number of rotatable bonds is 2. The number of hydrogen-bond donors (Lipinski definition) is 1. The van der Waals surface area contributed by atoms with Gasteiger partial charge in [-0.2, -0.15) is 0 Å². The van der Waals surface area contributed by atoms with E-state index < -0.39 is 5.97 Å². The summed E-state index contributed by atoms with van der Waals surface area (Å²) >= 11 is 0. The van der Waals surface area contributed by atoms with Crippen molar-refractivity contribution >= 4 is 17.6 Å². The van der Waals surface area contributed by atoms with E-state index in [-0.39, 0.29) is 11.9 Å². The van der Waals surface area contributed by atoms with E-state index in [0.29, 0.717) is 12.1 Å². The van der Waals surface area contributed by atoms with Gasteiger partial charge in [-0.05, 0) is 31.2 Å². The lowest BCUT2D eigenvalue weighted by molar-refractivity contribution is -0.131. The van der Waals surface area contributed by atoms with E-state index in [1.54, 1.807) is 19.1 Å². The fourth-order valence-corrected chi connectivity index (χ4v) is 2.47. The van der Waals surface area contributed by atoms with Crippen LogP contribution in [0.4, 0.5) is 5.69 Å². The van der Waals surface area contributed by atoms with Crippen LogP contribution < -0.4 is 4.90 Å². The Balaban J connectivity index is 2.08. The first-order valence-corrected chi connectivity index (χ1v) is 6.34. The number of carbonyl (C=O) groups excluding carboxylic acids is 1. The standard InChI is InChI=1S/C14H18N2O3/c1-10-9-15(7-8-16(10)11(2)17)13-5-3-12(4-6-13)14(18)19/h3-6,10H,7-9H2,1-2H3,(H,18,19). The van der Waals surface area contributed by atoms with Crippen LogP contribution >= 0.6 is 0 Å². The molecule has 5 nitrogen and oxygen atoms in total. The maximum atomic E-state index is 11.4. The van der Waals surface area contributed by atoms with Crippen LogP contribution in [0.2, 0.25) is 0 Å². The number of carbonyl (C=O) groups is 2. The SMILES string of the molecule is CC(=O)N1CCN(c2ccc(C(=O)O)cc2)CC1C. The van der Waals surface area contributed by atoms with Crippen molar-refractivity contribution in [2.45, 2.75) is 19.9 Å². The van der Waals surface area contributed by atoms with Gasteiger partial charge in [0.2, 0.25) is 5.91 Å². The Kier molecular flexibility index (Phi) is 3.74. The van der Waals surface area contributed by atoms with E-state index in [4.69, 9.17) is 5.11 Å². The van der Waals surface area contributed by atoms with Gasteiger partial charge in [-0.25, -0.2) is 4.79 Å². The normalized spacial score (nSPS) is 19.4. The van der Waals surface area contributed by atoms with E-state index in [1.807, 2.05) is 24.0 Å². The molecule has 1 heterocycles. The molecule has 0 saturated carbocycles. The summed E-state index contributed by atoms with van der Waals surface area (Å²) in [5.74, 6) is -0.810. The van der Waals surface area contributed by atoms with Crippen LogP contribution in [0.5, 0.6) is 0 Å². The first-order chi connectivity index (χ1) is 8.99. The third-order valence-corrected chi connectivity index (χ3v) is 3.51. The van der Waals surface area contributed by atoms with Crippen LogP contribution in [-0.4, -0.2) is 47.6 Å². The Morgan fingerprint density at radius 3 is 2.32 bits per heavy atom. The second kappa shape index (κ2) is 5.30.